The van der Waals surface area contributed by atoms with Gasteiger partial charge in [0.15, 0.2) is 5.16 Å². The molecule has 0 spiro atoms. The number of hydrogen-bond acceptors (Lipinski definition) is 7. The van der Waals surface area contributed by atoms with Gasteiger partial charge in [0, 0.05) is 23.9 Å². The molecular weight excluding hydrogens is 451 g/mol. The molecule has 1 unspecified atom stereocenters. The molecule has 32 heavy (non-hydrogen) atoms. The van der Waals surface area contributed by atoms with E-state index in [1.165, 1.54) is 41.3 Å². The summed E-state index contributed by atoms with van der Waals surface area (Å²) in [7, 11) is 0. The van der Waals surface area contributed by atoms with Crippen LogP contribution in [0.2, 0.25) is 0 Å². The largest absolute Gasteiger partial charge is 0.376 e. The maximum Gasteiger partial charge on any atom is 0.272 e. The van der Waals surface area contributed by atoms with Gasteiger partial charge in [-0.2, -0.15) is 0 Å². The van der Waals surface area contributed by atoms with E-state index in [1.54, 1.807) is 16.8 Å². The van der Waals surface area contributed by atoms with Crippen molar-refractivity contribution in [3.8, 4) is 0 Å². The number of anilines is 1. The molecule has 1 aliphatic heterocycles. The van der Waals surface area contributed by atoms with Crippen LogP contribution in [0.3, 0.4) is 0 Å². The van der Waals surface area contributed by atoms with Gasteiger partial charge in [-0.05, 0) is 43.2 Å². The van der Waals surface area contributed by atoms with Crippen molar-refractivity contribution < 1.29 is 13.9 Å². The van der Waals surface area contributed by atoms with E-state index in [4.69, 9.17) is 9.72 Å². The van der Waals surface area contributed by atoms with Gasteiger partial charge in [-0.25, -0.2) is 14.4 Å². The molecule has 4 heterocycles. The van der Waals surface area contributed by atoms with Crippen LogP contribution in [0.15, 0.2) is 52.5 Å². The lowest BCUT2D eigenvalue weighted by Crippen LogP contribution is -2.28. The van der Waals surface area contributed by atoms with Gasteiger partial charge in [0.1, 0.15) is 15.3 Å². The summed E-state index contributed by atoms with van der Waals surface area (Å²) in [6.07, 6.45) is 3.47. The number of halogens is 1. The highest BCUT2D eigenvalue weighted by atomic mass is 32.2. The average Bonchev–Trinajstić information content (AvgIpc) is 3.42. The summed E-state index contributed by atoms with van der Waals surface area (Å²) in [6, 6.07) is 9.42. The van der Waals surface area contributed by atoms with Gasteiger partial charge in [-0.15, -0.1) is 11.3 Å². The van der Waals surface area contributed by atoms with Crippen LogP contribution >= 0.6 is 23.1 Å². The fraction of sp³-hybridized carbons (Fsp3) is 0.273. The number of hydrogen-bond donors (Lipinski definition) is 1. The third-order valence-corrected chi connectivity index (χ3v) is 7.24. The third kappa shape index (κ3) is 4.25. The zero-order valence-corrected chi connectivity index (χ0v) is 18.5. The second kappa shape index (κ2) is 8.97. The Morgan fingerprint density at radius 2 is 2.25 bits per heavy atom. The summed E-state index contributed by atoms with van der Waals surface area (Å²) in [5.74, 6) is -0.707. The fourth-order valence-corrected chi connectivity index (χ4v) is 5.53. The summed E-state index contributed by atoms with van der Waals surface area (Å²) in [5.41, 5.74) is 0.826. The van der Waals surface area contributed by atoms with Crippen molar-refractivity contribution in [2.75, 3.05) is 17.7 Å². The molecule has 1 atom stereocenters. The van der Waals surface area contributed by atoms with Gasteiger partial charge >= 0.3 is 0 Å². The highest BCUT2D eigenvalue weighted by molar-refractivity contribution is 7.99. The molecule has 3 aromatic heterocycles. The van der Waals surface area contributed by atoms with Crippen LogP contribution in [-0.2, 0) is 16.1 Å². The van der Waals surface area contributed by atoms with Gasteiger partial charge in [0.25, 0.3) is 5.56 Å². The molecule has 7 nitrogen and oxygen atoms in total. The number of amides is 1. The summed E-state index contributed by atoms with van der Waals surface area (Å²) >= 11 is 2.50. The first-order valence-corrected chi connectivity index (χ1v) is 12.0. The monoisotopic (exact) mass is 470 g/mol. The minimum atomic E-state index is -0.425. The van der Waals surface area contributed by atoms with E-state index in [9.17, 15) is 14.0 Å². The number of benzene rings is 1. The van der Waals surface area contributed by atoms with Gasteiger partial charge in [0.05, 0.1) is 23.9 Å². The first kappa shape index (κ1) is 21.0. The second-order valence-corrected chi connectivity index (χ2v) is 9.37. The number of thiophene rings is 1. The van der Waals surface area contributed by atoms with Crippen molar-refractivity contribution in [3.05, 3.63) is 58.8 Å². The Labute approximate surface area is 190 Å². The van der Waals surface area contributed by atoms with Crippen LogP contribution < -0.4 is 10.9 Å². The maximum atomic E-state index is 13.4. The molecule has 0 bridgehead atoms. The van der Waals surface area contributed by atoms with E-state index in [2.05, 4.69) is 10.3 Å². The number of nitrogens with zero attached hydrogens (tertiary/aromatic N) is 3. The first-order valence-electron chi connectivity index (χ1n) is 10.2. The Kier molecular flexibility index (Phi) is 5.90. The number of fused-ring (bicyclic) bond motifs is 3. The molecule has 1 saturated heterocycles. The summed E-state index contributed by atoms with van der Waals surface area (Å²) in [6.45, 7) is 1.07. The van der Waals surface area contributed by atoms with Crippen LogP contribution in [-0.4, -0.2) is 38.9 Å². The van der Waals surface area contributed by atoms with Crippen LogP contribution in [0.5, 0.6) is 0 Å². The van der Waals surface area contributed by atoms with Gasteiger partial charge in [-0.1, -0.05) is 17.8 Å². The lowest BCUT2D eigenvalue weighted by molar-refractivity contribution is -0.113. The van der Waals surface area contributed by atoms with Gasteiger partial charge in [-0.3, -0.25) is 14.2 Å². The minimum absolute atomic E-state index is 0.0281. The molecule has 0 aliphatic carbocycles. The molecule has 4 aromatic rings. The van der Waals surface area contributed by atoms with E-state index < -0.39 is 5.82 Å². The second-order valence-electron chi connectivity index (χ2n) is 7.43. The van der Waals surface area contributed by atoms with Crippen LogP contribution in [0.1, 0.15) is 12.8 Å². The van der Waals surface area contributed by atoms with Gasteiger partial charge < -0.3 is 10.1 Å². The van der Waals surface area contributed by atoms with E-state index in [0.717, 1.165) is 23.1 Å². The van der Waals surface area contributed by atoms with Gasteiger partial charge in [0.2, 0.25) is 5.91 Å². The van der Waals surface area contributed by atoms with Crippen LogP contribution in [0, 0.1) is 5.82 Å². The number of aromatic nitrogens is 3. The Hall–Kier alpha value is -2.82. The Bertz CT molecular complexity index is 1360. The summed E-state index contributed by atoms with van der Waals surface area (Å²) in [4.78, 5) is 35.7. The average molecular weight is 471 g/mol. The molecule has 1 amide bonds. The fourth-order valence-electron chi connectivity index (χ4n) is 3.70. The van der Waals surface area contributed by atoms with Crippen molar-refractivity contribution in [1.29, 1.82) is 0 Å². The van der Waals surface area contributed by atoms with E-state index in [0.29, 0.717) is 34.2 Å². The number of nitrogens with one attached hydrogen (secondary N) is 1. The third-order valence-electron chi connectivity index (χ3n) is 5.17. The SMILES string of the molecule is O=C(CSc1nc2c(sc3ncccc32)c(=O)n1CC1CCCO1)Nc1cccc(F)c1. The summed E-state index contributed by atoms with van der Waals surface area (Å²) in [5, 5.41) is 3.95. The van der Waals surface area contributed by atoms with Crippen LogP contribution in [0.25, 0.3) is 20.4 Å². The Morgan fingerprint density at radius 3 is 3.06 bits per heavy atom. The Morgan fingerprint density at radius 1 is 1.34 bits per heavy atom. The summed E-state index contributed by atoms with van der Waals surface area (Å²) < 4.78 is 21.3. The molecule has 1 fully saturated rings. The standard InChI is InChI=1S/C22H19FN4O3S2/c23-13-4-1-5-14(10-13)25-17(28)12-31-22-26-18-16-7-2-8-24-20(16)32-19(18)21(29)27(22)11-15-6-3-9-30-15/h1-2,4-5,7-8,10,15H,3,6,9,11-12H2,(H,25,28). The predicted octanol–water partition coefficient (Wildman–Crippen LogP) is 4.06. The van der Waals surface area contributed by atoms with Crippen molar-refractivity contribution >= 4 is 55.1 Å². The highest BCUT2D eigenvalue weighted by Crippen LogP contribution is 2.31. The van der Waals surface area contributed by atoms with E-state index in [1.807, 2.05) is 12.1 Å². The molecule has 1 N–H and O–H groups in total. The quantitative estimate of drug-likeness (QED) is 0.338. The van der Waals surface area contributed by atoms with Crippen LogP contribution in [0.4, 0.5) is 10.1 Å². The number of carbonyl (C=O) groups is 1. The zero-order valence-electron chi connectivity index (χ0n) is 16.9. The van der Waals surface area contributed by atoms with Crippen molar-refractivity contribution in [2.45, 2.75) is 30.6 Å². The Balaban J connectivity index is 1.47. The first-order chi connectivity index (χ1) is 15.6. The molecule has 0 radical (unpaired) electrons. The van der Waals surface area contributed by atoms with E-state index in [-0.39, 0.29) is 23.3 Å². The number of carbonyl (C=O) groups excluding carboxylic acids is 1. The topological polar surface area (TPSA) is 86.1 Å². The predicted molar refractivity (Wildman–Crippen MR) is 124 cm³/mol. The lowest BCUT2D eigenvalue weighted by atomic mass is 10.2. The van der Waals surface area contributed by atoms with Crippen molar-refractivity contribution in [2.24, 2.45) is 0 Å². The number of ether oxygens (including phenoxy) is 1. The smallest absolute Gasteiger partial charge is 0.272 e. The normalized spacial score (nSPS) is 16.1. The maximum absolute atomic E-state index is 13.4. The molecule has 10 heteroatoms. The number of pyridine rings is 1. The molecule has 5 rings (SSSR count). The van der Waals surface area contributed by atoms with E-state index >= 15 is 0 Å². The highest BCUT2D eigenvalue weighted by Gasteiger charge is 2.22. The van der Waals surface area contributed by atoms with Crippen molar-refractivity contribution in [3.63, 3.8) is 0 Å². The molecule has 1 aromatic carbocycles. The molecular formula is C22H19FN4O3S2. The molecule has 1 aliphatic rings. The molecule has 0 saturated carbocycles. The number of rotatable bonds is 6. The zero-order chi connectivity index (χ0) is 22.1. The molecule has 164 valence electrons. The van der Waals surface area contributed by atoms with Crippen molar-refractivity contribution in [1.82, 2.24) is 14.5 Å². The number of thioether (sulfide) groups is 1. The lowest BCUT2D eigenvalue weighted by Gasteiger charge is -2.15. The minimum Gasteiger partial charge on any atom is -0.376 e.